The molecule has 0 radical (unpaired) electrons. The first-order valence-corrected chi connectivity index (χ1v) is 8.32. The lowest BCUT2D eigenvalue weighted by Gasteiger charge is -2.27. The third-order valence-electron chi connectivity index (χ3n) is 3.95. The summed E-state index contributed by atoms with van der Waals surface area (Å²) in [5, 5.41) is 14.7. The van der Waals surface area contributed by atoms with E-state index in [1.165, 1.54) is 17.4 Å². The van der Waals surface area contributed by atoms with Crippen molar-refractivity contribution in [3.8, 4) is 10.6 Å². The molecular formula is C16H16F2N2O2S. The summed E-state index contributed by atoms with van der Waals surface area (Å²) in [6, 6.07) is 3.25. The first-order valence-electron chi connectivity index (χ1n) is 7.44. The molecule has 0 spiro atoms. The summed E-state index contributed by atoms with van der Waals surface area (Å²) in [6.07, 6.45) is 2.83. The minimum Gasteiger partial charge on any atom is -0.391 e. The van der Waals surface area contributed by atoms with Crippen LogP contribution in [0.3, 0.4) is 0 Å². The fraction of sp³-hybridized carbons (Fsp3) is 0.375. The third kappa shape index (κ3) is 3.56. The SMILES string of the molecule is O=C(NC1CCCCC1O)c1csc(-c2ccc(F)c(F)c2)n1. The average Bonchev–Trinajstić information content (AvgIpc) is 3.02. The second-order valence-electron chi connectivity index (χ2n) is 5.60. The van der Waals surface area contributed by atoms with E-state index >= 15 is 0 Å². The molecule has 122 valence electrons. The van der Waals surface area contributed by atoms with Crippen molar-refractivity contribution in [3.63, 3.8) is 0 Å². The van der Waals surface area contributed by atoms with E-state index in [1.807, 2.05) is 0 Å². The number of carbonyl (C=O) groups is 1. The smallest absolute Gasteiger partial charge is 0.271 e. The highest BCUT2D eigenvalue weighted by molar-refractivity contribution is 7.13. The van der Waals surface area contributed by atoms with Gasteiger partial charge in [-0.3, -0.25) is 4.79 Å². The Morgan fingerprint density at radius 1 is 1.26 bits per heavy atom. The Morgan fingerprint density at radius 3 is 2.78 bits per heavy atom. The molecule has 1 aliphatic carbocycles. The van der Waals surface area contributed by atoms with Crippen LogP contribution in [-0.4, -0.2) is 28.1 Å². The lowest BCUT2D eigenvalue weighted by molar-refractivity contribution is 0.0714. The van der Waals surface area contributed by atoms with Crippen LogP contribution in [0.5, 0.6) is 0 Å². The van der Waals surface area contributed by atoms with Gasteiger partial charge < -0.3 is 10.4 Å². The third-order valence-corrected chi connectivity index (χ3v) is 4.84. The highest BCUT2D eigenvalue weighted by Gasteiger charge is 2.25. The number of aliphatic hydroxyl groups is 1. The summed E-state index contributed by atoms with van der Waals surface area (Å²) >= 11 is 1.18. The summed E-state index contributed by atoms with van der Waals surface area (Å²) in [7, 11) is 0. The molecule has 7 heteroatoms. The van der Waals surface area contributed by atoms with Gasteiger partial charge >= 0.3 is 0 Å². The number of nitrogens with one attached hydrogen (secondary N) is 1. The van der Waals surface area contributed by atoms with Crippen LogP contribution in [0.2, 0.25) is 0 Å². The lowest BCUT2D eigenvalue weighted by atomic mass is 9.92. The van der Waals surface area contributed by atoms with Gasteiger partial charge in [0, 0.05) is 10.9 Å². The highest BCUT2D eigenvalue weighted by atomic mass is 32.1. The first-order chi connectivity index (χ1) is 11.0. The van der Waals surface area contributed by atoms with Crippen LogP contribution in [-0.2, 0) is 0 Å². The molecule has 3 rings (SSSR count). The van der Waals surface area contributed by atoms with E-state index in [1.54, 1.807) is 5.38 Å². The molecule has 2 N–H and O–H groups in total. The predicted octanol–water partition coefficient (Wildman–Crippen LogP) is 3.12. The number of halogens is 2. The van der Waals surface area contributed by atoms with E-state index in [-0.39, 0.29) is 17.6 Å². The van der Waals surface area contributed by atoms with Crippen LogP contribution in [0.4, 0.5) is 8.78 Å². The van der Waals surface area contributed by atoms with Crippen LogP contribution in [0.25, 0.3) is 10.6 Å². The van der Waals surface area contributed by atoms with Crippen molar-refractivity contribution in [2.24, 2.45) is 0 Å². The second-order valence-corrected chi connectivity index (χ2v) is 6.46. The van der Waals surface area contributed by atoms with Gasteiger partial charge in [-0.05, 0) is 31.0 Å². The molecule has 1 aromatic carbocycles. The standard InChI is InChI=1S/C16H16F2N2O2S/c17-10-6-5-9(7-11(10)18)16-20-13(8-23-16)15(22)19-12-3-1-2-4-14(12)21/h5-8,12,14,21H,1-4H2,(H,19,22). The summed E-state index contributed by atoms with van der Waals surface area (Å²) in [6.45, 7) is 0. The maximum Gasteiger partial charge on any atom is 0.271 e. The fourth-order valence-electron chi connectivity index (χ4n) is 2.66. The molecule has 2 unspecified atom stereocenters. The fourth-order valence-corrected chi connectivity index (χ4v) is 3.46. The Bertz CT molecular complexity index is 720. The van der Waals surface area contributed by atoms with Gasteiger partial charge in [-0.25, -0.2) is 13.8 Å². The number of amides is 1. The van der Waals surface area contributed by atoms with Crippen molar-refractivity contribution in [2.45, 2.75) is 37.8 Å². The Hall–Kier alpha value is -1.86. The van der Waals surface area contributed by atoms with Crippen LogP contribution >= 0.6 is 11.3 Å². The molecular weight excluding hydrogens is 322 g/mol. The van der Waals surface area contributed by atoms with E-state index in [0.717, 1.165) is 31.4 Å². The summed E-state index contributed by atoms with van der Waals surface area (Å²) in [5.41, 5.74) is 0.637. The van der Waals surface area contributed by atoms with Crippen molar-refractivity contribution in [1.29, 1.82) is 0 Å². The van der Waals surface area contributed by atoms with E-state index < -0.39 is 17.7 Å². The van der Waals surface area contributed by atoms with Gasteiger partial charge in [0.1, 0.15) is 10.7 Å². The van der Waals surface area contributed by atoms with Gasteiger partial charge in [0.15, 0.2) is 11.6 Å². The van der Waals surface area contributed by atoms with Crippen molar-refractivity contribution in [2.75, 3.05) is 0 Å². The number of aromatic nitrogens is 1. The Kier molecular flexibility index (Phi) is 4.68. The van der Waals surface area contributed by atoms with E-state index in [0.29, 0.717) is 17.0 Å². The van der Waals surface area contributed by atoms with E-state index in [9.17, 15) is 18.7 Å². The monoisotopic (exact) mass is 338 g/mol. The molecule has 4 nitrogen and oxygen atoms in total. The van der Waals surface area contributed by atoms with E-state index in [2.05, 4.69) is 10.3 Å². The number of hydrogen-bond acceptors (Lipinski definition) is 4. The topological polar surface area (TPSA) is 62.2 Å². The number of rotatable bonds is 3. The van der Waals surface area contributed by atoms with Crippen molar-refractivity contribution in [1.82, 2.24) is 10.3 Å². The molecule has 2 atom stereocenters. The Balaban J connectivity index is 1.73. The molecule has 1 saturated carbocycles. The van der Waals surface area contributed by atoms with E-state index in [4.69, 9.17) is 0 Å². The Labute approximate surface area is 136 Å². The van der Waals surface area contributed by atoms with Crippen LogP contribution in [0, 0.1) is 11.6 Å². The maximum absolute atomic E-state index is 13.3. The zero-order chi connectivity index (χ0) is 16.4. The molecule has 0 aliphatic heterocycles. The average molecular weight is 338 g/mol. The predicted molar refractivity (Wildman–Crippen MR) is 83.2 cm³/mol. The molecule has 0 bridgehead atoms. The Morgan fingerprint density at radius 2 is 2.04 bits per heavy atom. The number of carbonyl (C=O) groups excluding carboxylic acids is 1. The quantitative estimate of drug-likeness (QED) is 0.904. The zero-order valence-corrected chi connectivity index (χ0v) is 13.1. The lowest BCUT2D eigenvalue weighted by Crippen LogP contribution is -2.45. The molecule has 23 heavy (non-hydrogen) atoms. The number of thiazole rings is 1. The first kappa shape index (κ1) is 16.0. The number of benzene rings is 1. The van der Waals surface area contributed by atoms with Crippen molar-refractivity contribution >= 4 is 17.2 Å². The van der Waals surface area contributed by atoms with Crippen LogP contribution in [0.1, 0.15) is 36.2 Å². The van der Waals surface area contributed by atoms with Crippen molar-refractivity contribution in [3.05, 3.63) is 40.9 Å². The van der Waals surface area contributed by atoms with Gasteiger partial charge in [0.25, 0.3) is 5.91 Å². The van der Waals surface area contributed by atoms with Gasteiger partial charge in [0.2, 0.25) is 0 Å². The van der Waals surface area contributed by atoms with Gasteiger partial charge in [-0.2, -0.15) is 0 Å². The summed E-state index contributed by atoms with van der Waals surface area (Å²) in [5.74, 6) is -2.23. The summed E-state index contributed by atoms with van der Waals surface area (Å²) in [4.78, 5) is 16.4. The van der Waals surface area contributed by atoms with Gasteiger partial charge in [-0.15, -0.1) is 11.3 Å². The number of hydrogen-bond donors (Lipinski definition) is 2. The maximum atomic E-state index is 13.3. The molecule has 1 fully saturated rings. The molecule has 2 aromatic rings. The molecule has 1 aromatic heterocycles. The largest absolute Gasteiger partial charge is 0.391 e. The minimum absolute atomic E-state index is 0.215. The van der Waals surface area contributed by atoms with Crippen LogP contribution < -0.4 is 5.32 Å². The molecule has 0 saturated heterocycles. The van der Waals surface area contributed by atoms with Gasteiger partial charge in [0.05, 0.1) is 12.1 Å². The highest BCUT2D eigenvalue weighted by Crippen LogP contribution is 2.25. The van der Waals surface area contributed by atoms with Crippen molar-refractivity contribution < 1.29 is 18.7 Å². The summed E-state index contributed by atoms with van der Waals surface area (Å²) < 4.78 is 26.2. The minimum atomic E-state index is -0.950. The normalized spacial score (nSPS) is 21.2. The second kappa shape index (κ2) is 6.72. The zero-order valence-electron chi connectivity index (χ0n) is 12.3. The van der Waals surface area contributed by atoms with Crippen LogP contribution in [0.15, 0.2) is 23.6 Å². The molecule has 1 aliphatic rings. The number of nitrogens with zero attached hydrogens (tertiary/aromatic N) is 1. The number of aliphatic hydroxyl groups excluding tert-OH is 1. The van der Waals surface area contributed by atoms with Gasteiger partial charge in [-0.1, -0.05) is 12.8 Å². The molecule has 1 heterocycles. The molecule has 1 amide bonds.